The average molecular weight is 204 g/mol. The van der Waals surface area contributed by atoms with Gasteiger partial charge in [0, 0.05) is 11.3 Å². The molecule has 0 unspecified atom stereocenters. The summed E-state index contributed by atoms with van der Waals surface area (Å²) in [5, 5.41) is 4.44. The van der Waals surface area contributed by atoms with E-state index in [4.69, 9.17) is 0 Å². The second-order valence-corrected chi connectivity index (χ2v) is 5.11. The minimum Gasteiger partial charge on any atom is -0.298 e. The van der Waals surface area contributed by atoms with Crippen molar-refractivity contribution in [1.82, 2.24) is 0 Å². The van der Waals surface area contributed by atoms with Crippen molar-refractivity contribution in [3.05, 3.63) is 58.4 Å². The molecule has 2 rings (SSSR count). The Morgan fingerprint density at radius 1 is 1.14 bits per heavy atom. The second kappa shape index (κ2) is 4.29. The third kappa shape index (κ3) is 1.96. The van der Waals surface area contributed by atoms with E-state index < -0.39 is 0 Å². The molecule has 0 spiro atoms. The Morgan fingerprint density at radius 3 is 2.57 bits per heavy atom. The first kappa shape index (κ1) is 9.28. The van der Waals surface area contributed by atoms with Gasteiger partial charge in [0.15, 0.2) is 0 Å². The van der Waals surface area contributed by atoms with Gasteiger partial charge in [-0.2, -0.15) is 0 Å². The maximum Gasteiger partial charge on any atom is 0.150 e. The molecule has 0 saturated heterocycles. The van der Waals surface area contributed by atoms with Gasteiger partial charge in [-0.3, -0.25) is 4.79 Å². The summed E-state index contributed by atoms with van der Waals surface area (Å²) in [6.07, 6.45) is 5.10. The van der Waals surface area contributed by atoms with Gasteiger partial charge in [0.2, 0.25) is 0 Å². The first-order valence-electron chi connectivity index (χ1n) is 4.54. The summed E-state index contributed by atoms with van der Waals surface area (Å²) in [5.74, 6) is 0.983. The van der Waals surface area contributed by atoms with Crippen LogP contribution in [0.5, 0.6) is 0 Å². The summed E-state index contributed by atoms with van der Waals surface area (Å²) in [4.78, 5) is 10.8. The molecule has 1 aliphatic heterocycles. The van der Waals surface area contributed by atoms with Crippen LogP contribution in [-0.2, 0) is 5.75 Å². The number of benzene rings is 1. The number of hydrogen-bond donors (Lipinski definition) is 1. The van der Waals surface area contributed by atoms with Crippen LogP contribution in [0.1, 0.15) is 15.9 Å². The van der Waals surface area contributed by atoms with E-state index in [0.29, 0.717) is 0 Å². The summed E-state index contributed by atoms with van der Waals surface area (Å²) in [6, 6.07) is 7.80. The highest BCUT2D eigenvalue weighted by molar-refractivity contribution is 8.21. The molecule has 0 amide bonds. The Labute approximate surface area is 86.5 Å². The molecule has 0 fully saturated rings. The number of thiol groups is 1. The summed E-state index contributed by atoms with van der Waals surface area (Å²) >= 11 is 0. The van der Waals surface area contributed by atoms with Crippen LogP contribution >= 0.6 is 10.9 Å². The highest BCUT2D eigenvalue weighted by Crippen LogP contribution is 2.37. The van der Waals surface area contributed by atoms with Gasteiger partial charge >= 0.3 is 0 Å². The Bertz CT molecular complexity index is 381. The summed E-state index contributed by atoms with van der Waals surface area (Å²) in [6.45, 7) is 0. The molecule has 0 bridgehead atoms. The number of rotatable bonds is 3. The van der Waals surface area contributed by atoms with Crippen molar-refractivity contribution in [2.45, 2.75) is 5.75 Å². The van der Waals surface area contributed by atoms with E-state index >= 15 is 0 Å². The van der Waals surface area contributed by atoms with Crippen LogP contribution < -0.4 is 0 Å². The first-order valence-corrected chi connectivity index (χ1v) is 6.20. The van der Waals surface area contributed by atoms with Gasteiger partial charge in [0.25, 0.3) is 0 Å². The zero-order chi connectivity index (χ0) is 9.80. The fourth-order valence-corrected chi connectivity index (χ4v) is 3.10. The smallest absolute Gasteiger partial charge is 0.150 e. The van der Waals surface area contributed by atoms with Gasteiger partial charge in [0.05, 0.1) is 0 Å². The highest BCUT2D eigenvalue weighted by Gasteiger charge is 2.04. The molecular weight excluding hydrogens is 192 g/mol. The van der Waals surface area contributed by atoms with Crippen molar-refractivity contribution in [2.24, 2.45) is 0 Å². The molecule has 0 atom stereocenters. The molecule has 0 aliphatic carbocycles. The van der Waals surface area contributed by atoms with Crippen LogP contribution in [0.25, 0.3) is 0 Å². The molecule has 1 aliphatic rings. The quantitative estimate of drug-likeness (QED) is 0.591. The van der Waals surface area contributed by atoms with Crippen LogP contribution in [0.4, 0.5) is 0 Å². The lowest BCUT2D eigenvalue weighted by atomic mass is 10.1. The first-order chi connectivity index (χ1) is 6.90. The average Bonchev–Trinajstić information content (AvgIpc) is 2.71. The highest BCUT2D eigenvalue weighted by atomic mass is 32.2. The maximum absolute atomic E-state index is 10.8. The molecule has 0 radical (unpaired) electrons. The van der Waals surface area contributed by atoms with E-state index in [1.54, 1.807) is 0 Å². The van der Waals surface area contributed by atoms with Gasteiger partial charge in [-0.1, -0.05) is 36.4 Å². The Morgan fingerprint density at radius 2 is 1.86 bits per heavy atom. The van der Waals surface area contributed by atoms with Gasteiger partial charge in [-0.05, 0) is 16.4 Å². The van der Waals surface area contributed by atoms with Gasteiger partial charge < -0.3 is 0 Å². The van der Waals surface area contributed by atoms with Crippen molar-refractivity contribution >= 4 is 17.2 Å². The minimum absolute atomic E-state index is 0.163. The Balaban J connectivity index is 2.19. The van der Waals surface area contributed by atoms with E-state index in [0.717, 1.165) is 23.2 Å². The molecular formula is C12H12OS. The van der Waals surface area contributed by atoms with Gasteiger partial charge in [-0.25, -0.2) is 10.9 Å². The normalized spacial score (nSPS) is 16.1. The molecule has 72 valence electrons. The lowest BCUT2D eigenvalue weighted by Crippen LogP contribution is -1.90. The van der Waals surface area contributed by atoms with Crippen LogP contribution in [0.3, 0.4) is 0 Å². The molecule has 14 heavy (non-hydrogen) atoms. The molecule has 1 aromatic rings. The fourth-order valence-electron chi connectivity index (χ4n) is 1.47. The van der Waals surface area contributed by atoms with Gasteiger partial charge in [0.1, 0.15) is 6.29 Å². The molecule has 0 aromatic heterocycles. The molecule has 0 N–H and O–H groups in total. The molecule has 1 aromatic carbocycles. The SMILES string of the molecule is O=Cc1ccccc1C[SH]1C=CC=C1. The van der Waals surface area contributed by atoms with Crippen molar-refractivity contribution in [3.8, 4) is 0 Å². The van der Waals surface area contributed by atoms with Gasteiger partial charge in [-0.15, -0.1) is 0 Å². The summed E-state index contributed by atoms with van der Waals surface area (Å²) < 4.78 is 0. The van der Waals surface area contributed by atoms with Crippen molar-refractivity contribution in [3.63, 3.8) is 0 Å². The van der Waals surface area contributed by atoms with E-state index in [1.165, 1.54) is 0 Å². The summed E-state index contributed by atoms with van der Waals surface area (Å²) in [5.41, 5.74) is 1.98. The van der Waals surface area contributed by atoms with Crippen molar-refractivity contribution < 1.29 is 4.79 Å². The number of carbonyl (C=O) groups excluding carboxylic acids is 1. The third-order valence-corrected chi connectivity index (χ3v) is 4.02. The monoisotopic (exact) mass is 204 g/mol. The number of aldehydes is 1. The predicted molar refractivity (Wildman–Crippen MR) is 62.8 cm³/mol. The van der Waals surface area contributed by atoms with Crippen molar-refractivity contribution in [1.29, 1.82) is 0 Å². The van der Waals surface area contributed by atoms with E-state index in [2.05, 4.69) is 23.0 Å². The fraction of sp³-hybridized carbons (Fsp3) is 0.0833. The topological polar surface area (TPSA) is 17.1 Å². The molecule has 1 nitrogen and oxygen atoms in total. The largest absolute Gasteiger partial charge is 0.298 e. The number of allylic oxidation sites excluding steroid dienone is 2. The zero-order valence-corrected chi connectivity index (χ0v) is 8.65. The molecule has 2 heteroatoms. The third-order valence-electron chi connectivity index (χ3n) is 2.20. The van der Waals surface area contributed by atoms with Crippen LogP contribution in [0, 0.1) is 0 Å². The summed E-state index contributed by atoms with van der Waals surface area (Å²) in [7, 11) is -0.163. The Kier molecular flexibility index (Phi) is 2.84. The van der Waals surface area contributed by atoms with Crippen LogP contribution in [-0.4, -0.2) is 6.29 Å². The van der Waals surface area contributed by atoms with E-state index in [9.17, 15) is 4.79 Å². The maximum atomic E-state index is 10.8. The minimum atomic E-state index is -0.163. The Hall–Kier alpha value is -1.28. The lowest BCUT2D eigenvalue weighted by Gasteiger charge is -2.11. The molecule has 1 heterocycles. The van der Waals surface area contributed by atoms with Crippen LogP contribution in [0.2, 0.25) is 0 Å². The zero-order valence-electron chi connectivity index (χ0n) is 7.76. The van der Waals surface area contributed by atoms with E-state index in [-0.39, 0.29) is 10.9 Å². The number of carbonyl (C=O) groups is 1. The van der Waals surface area contributed by atoms with Crippen molar-refractivity contribution in [2.75, 3.05) is 0 Å². The standard InChI is InChI=1S/C12H12OS/c13-9-11-5-1-2-6-12(11)10-14-7-3-4-8-14/h1-9,14H,10H2. The second-order valence-electron chi connectivity index (χ2n) is 3.17. The van der Waals surface area contributed by atoms with Crippen LogP contribution in [0.15, 0.2) is 47.2 Å². The molecule has 0 saturated carbocycles. The van der Waals surface area contributed by atoms with E-state index in [1.807, 2.05) is 24.3 Å². The predicted octanol–water partition coefficient (Wildman–Crippen LogP) is 3.04. The lowest BCUT2D eigenvalue weighted by molar-refractivity contribution is 0.112. The number of hydrogen-bond acceptors (Lipinski definition) is 1.